The molecule has 2 rings (SSSR count). The maximum Gasteiger partial charge on any atom is 0.305 e. The van der Waals surface area contributed by atoms with E-state index >= 15 is 0 Å². The minimum atomic E-state index is -0.840. The van der Waals surface area contributed by atoms with Crippen molar-refractivity contribution in [2.75, 3.05) is 0 Å². The SMILES string of the molecule is NC1CCCC1C(=O)NC1(CC(=O)O)CCCC1. The Balaban J connectivity index is 2.00. The summed E-state index contributed by atoms with van der Waals surface area (Å²) in [6.07, 6.45) is 6.26. The van der Waals surface area contributed by atoms with E-state index in [-0.39, 0.29) is 24.3 Å². The molecule has 2 aliphatic carbocycles. The van der Waals surface area contributed by atoms with Crippen LogP contribution in [0.15, 0.2) is 0 Å². The second-order valence-corrected chi connectivity index (χ2v) is 5.75. The number of hydrogen-bond acceptors (Lipinski definition) is 3. The van der Waals surface area contributed by atoms with Crippen LogP contribution in [0.2, 0.25) is 0 Å². The Labute approximate surface area is 107 Å². The average molecular weight is 254 g/mol. The molecule has 5 heteroatoms. The van der Waals surface area contributed by atoms with Crippen LogP contribution < -0.4 is 11.1 Å². The summed E-state index contributed by atoms with van der Waals surface area (Å²) >= 11 is 0. The van der Waals surface area contributed by atoms with Crippen molar-refractivity contribution in [2.45, 2.75) is 62.9 Å². The van der Waals surface area contributed by atoms with Gasteiger partial charge in [-0.2, -0.15) is 0 Å². The molecule has 102 valence electrons. The van der Waals surface area contributed by atoms with Crippen molar-refractivity contribution in [2.24, 2.45) is 11.7 Å². The number of nitrogens with two attached hydrogens (primary N) is 1. The maximum atomic E-state index is 12.2. The number of nitrogens with one attached hydrogen (secondary N) is 1. The molecular weight excluding hydrogens is 232 g/mol. The number of carbonyl (C=O) groups excluding carboxylic acids is 1. The minimum absolute atomic E-state index is 0.0285. The normalized spacial score (nSPS) is 30.3. The average Bonchev–Trinajstić information content (AvgIpc) is 2.86. The highest BCUT2D eigenvalue weighted by molar-refractivity contribution is 5.81. The summed E-state index contributed by atoms with van der Waals surface area (Å²) in [4.78, 5) is 23.2. The lowest BCUT2D eigenvalue weighted by Crippen LogP contribution is -2.51. The smallest absolute Gasteiger partial charge is 0.305 e. The predicted molar refractivity (Wildman–Crippen MR) is 66.9 cm³/mol. The largest absolute Gasteiger partial charge is 0.481 e. The lowest BCUT2D eigenvalue weighted by atomic mass is 9.91. The molecule has 0 bridgehead atoms. The monoisotopic (exact) mass is 254 g/mol. The van der Waals surface area contributed by atoms with Gasteiger partial charge in [-0.1, -0.05) is 19.3 Å². The van der Waals surface area contributed by atoms with E-state index in [1.165, 1.54) is 0 Å². The standard InChI is InChI=1S/C13H22N2O3/c14-10-5-3-4-9(10)12(18)15-13(8-11(16)17)6-1-2-7-13/h9-10H,1-8,14H2,(H,15,18)(H,16,17). The number of aliphatic carboxylic acids is 1. The van der Waals surface area contributed by atoms with Gasteiger partial charge >= 0.3 is 5.97 Å². The van der Waals surface area contributed by atoms with Gasteiger partial charge in [0.05, 0.1) is 17.9 Å². The highest BCUT2D eigenvalue weighted by Gasteiger charge is 2.40. The van der Waals surface area contributed by atoms with Crippen molar-refractivity contribution in [1.82, 2.24) is 5.32 Å². The minimum Gasteiger partial charge on any atom is -0.481 e. The Morgan fingerprint density at radius 1 is 1.22 bits per heavy atom. The predicted octanol–water partition coefficient (Wildman–Crippen LogP) is 1.02. The number of rotatable bonds is 4. The summed E-state index contributed by atoms with van der Waals surface area (Å²) in [6.45, 7) is 0. The summed E-state index contributed by atoms with van der Waals surface area (Å²) < 4.78 is 0. The fraction of sp³-hybridized carbons (Fsp3) is 0.846. The molecule has 2 unspecified atom stereocenters. The third kappa shape index (κ3) is 2.83. The molecule has 0 heterocycles. The summed E-state index contributed by atoms with van der Waals surface area (Å²) in [5.74, 6) is -1.01. The Hall–Kier alpha value is -1.10. The van der Waals surface area contributed by atoms with Gasteiger partial charge < -0.3 is 16.2 Å². The van der Waals surface area contributed by atoms with Crippen LogP contribution in [-0.2, 0) is 9.59 Å². The maximum absolute atomic E-state index is 12.2. The van der Waals surface area contributed by atoms with Gasteiger partial charge in [-0.15, -0.1) is 0 Å². The van der Waals surface area contributed by atoms with Crippen LogP contribution in [0.3, 0.4) is 0 Å². The summed E-state index contributed by atoms with van der Waals surface area (Å²) in [5, 5.41) is 12.0. The summed E-state index contributed by atoms with van der Waals surface area (Å²) in [5.41, 5.74) is 5.40. The van der Waals surface area contributed by atoms with Crippen molar-refractivity contribution in [3.8, 4) is 0 Å². The van der Waals surface area contributed by atoms with E-state index in [0.717, 1.165) is 44.9 Å². The zero-order valence-electron chi connectivity index (χ0n) is 10.7. The molecule has 0 aromatic rings. The Bertz CT molecular complexity index is 337. The molecule has 0 aliphatic heterocycles. The molecule has 0 aromatic carbocycles. The van der Waals surface area contributed by atoms with Gasteiger partial charge in [0.15, 0.2) is 0 Å². The summed E-state index contributed by atoms with van der Waals surface area (Å²) in [6, 6.07) is -0.0618. The van der Waals surface area contributed by atoms with Crippen LogP contribution in [0.25, 0.3) is 0 Å². The molecule has 2 aliphatic rings. The molecular formula is C13H22N2O3. The van der Waals surface area contributed by atoms with E-state index in [1.807, 2.05) is 0 Å². The molecule has 0 radical (unpaired) electrons. The first-order valence-electron chi connectivity index (χ1n) is 6.82. The molecule has 0 saturated heterocycles. The van der Waals surface area contributed by atoms with E-state index in [2.05, 4.69) is 5.32 Å². The van der Waals surface area contributed by atoms with Gasteiger partial charge in [-0.25, -0.2) is 0 Å². The molecule has 2 fully saturated rings. The first-order valence-corrected chi connectivity index (χ1v) is 6.82. The molecule has 0 spiro atoms. The van der Waals surface area contributed by atoms with Crippen LogP contribution >= 0.6 is 0 Å². The number of carboxylic acids is 1. The van der Waals surface area contributed by atoms with Gasteiger partial charge in [0.2, 0.25) is 5.91 Å². The first-order chi connectivity index (χ1) is 8.52. The zero-order chi connectivity index (χ0) is 13.2. The molecule has 2 atom stereocenters. The van der Waals surface area contributed by atoms with E-state index in [4.69, 9.17) is 10.8 Å². The number of carboxylic acid groups (broad SMARTS) is 1. The van der Waals surface area contributed by atoms with E-state index in [0.29, 0.717) is 0 Å². The molecule has 5 nitrogen and oxygen atoms in total. The fourth-order valence-electron chi connectivity index (χ4n) is 3.36. The number of hydrogen-bond donors (Lipinski definition) is 3. The molecule has 18 heavy (non-hydrogen) atoms. The van der Waals surface area contributed by atoms with E-state index in [1.54, 1.807) is 0 Å². The van der Waals surface area contributed by atoms with Crippen LogP contribution in [0.4, 0.5) is 0 Å². The van der Waals surface area contributed by atoms with Gasteiger partial charge in [-0.05, 0) is 25.7 Å². The van der Waals surface area contributed by atoms with Crippen LogP contribution in [-0.4, -0.2) is 28.6 Å². The summed E-state index contributed by atoms with van der Waals surface area (Å²) in [7, 11) is 0. The molecule has 1 amide bonds. The Kier molecular flexibility index (Phi) is 3.90. The fourth-order valence-corrected chi connectivity index (χ4v) is 3.36. The zero-order valence-corrected chi connectivity index (χ0v) is 10.7. The highest BCUT2D eigenvalue weighted by atomic mass is 16.4. The van der Waals surface area contributed by atoms with Crippen LogP contribution in [0, 0.1) is 5.92 Å². The quantitative estimate of drug-likeness (QED) is 0.698. The van der Waals surface area contributed by atoms with Crippen LogP contribution in [0.5, 0.6) is 0 Å². The molecule has 0 aromatic heterocycles. The van der Waals surface area contributed by atoms with Gasteiger partial charge in [0.1, 0.15) is 0 Å². The number of carbonyl (C=O) groups is 2. The van der Waals surface area contributed by atoms with E-state index < -0.39 is 11.5 Å². The van der Waals surface area contributed by atoms with Gasteiger partial charge in [0.25, 0.3) is 0 Å². The lowest BCUT2D eigenvalue weighted by molar-refractivity contribution is -0.139. The third-order valence-corrected chi connectivity index (χ3v) is 4.34. The highest BCUT2D eigenvalue weighted by Crippen LogP contribution is 2.34. The van der Waals surface area contributed by atoms with Crippen molar-refractivity contribution in [3.63, 3.8) is 0 Å². The van der Waals surface area contributed by atoms with Gasteiger partial charge in [0, 0.05) is 6.04 Å². The van der Waals surface area contributed by atoms with Gasteiger partial charge in [-0.3, -0.25) is 9.59 Å². The second kappa shape index (κ2) is 5.26. The Morgan fingerprint density at radius 2 is 1.89 bits per heavy atom. The topological polar surface area (TPSA) is 92.4 Å². The molecule has 4 N–H and O–H groups in total. The Morgan fingerprint density at radius 3 is 2.39 bits per heavy atom. The van der Waals surface area contributed by atoms with Crippen molar-refractivity contribution < 1.29 is 14.7 Å². The van der Waals surface area contributed by atoms with Crippen LogP contribution in [0.1, 0.15) is 51.4 Å². The van der Waals surface area contributed by atoms with Crippen molar-refractivity contribution >= 4 is 11.9 Å². The second-order valence-electron chi connectivity index (χ2n) is 5.75. The van der Waals surface area contributed by atoms with Crippen molar-refractivity contribution in [1.29, 1.82) is 0 Å². The third-order valence-electron chi connectivity index (χ3n) is 4.34. The van der Waals surface area contributed by atoms with E-state index in [9.17, 15) is 9.59 Å². The number of amides is 1. The first kappa shape index (κ1) is 13.3. The lowest BCUT2D eigenvalue weighted by Gasteiger charge is -2.30. The molecule has 2 saturated carbocycles. The van der Waals surface area contributed by atoms with Crippen molar-refractivity contribution in [3.05, 3.63) is 0 Å².